The molecule has 0 amide bonds. The molecule has 1 aliphatic carbocycles. The standard InChI is InChI=1S/C21H20O8/c22-17(11-4-2-1-3-5-11)26-9-13-8-21(10-27-18(23)12-6-7-12)15-14(16(13)29-21)19(24)28-20(15)25/h1-5,12-16H,6-10H2/t13-,14?,15?,16+,21-/m0/s1. The van der Waals surface area contributed by atoms with Crippen LogP contribution in [0.25, 0.3) is 0 Å². The molecule has 5 atom stereocenters. The maximum absolute atomic E-state index is 12.3. The summed E-state index contributed by atoms with van der Waals surface area (Å²) in [7, 11) is 0. The quantitative estimate of drug-likeness (QED) is 0.399. The molecule has 4 fully saturated rings. The summed E-state index contributed by atoms with van der Waals surface area (Å²) in [5.41, 5.74) is -0.676. The summed E-state index contributed by atoms with van der Waals surface area (Å²) >= 11 is 0. The van der Waals surface area contributed by atoms with Crippen molar-refractivity contribution in [1.29, 1.82) is 0 Å². The van der Waals surface area contributed by atoms with Crippen molar-refractivity contribution in [2.45, 2.75) is 31.0 Å². The minimum atomic E-state index is -1.10. The van der Waals surface area contributed by atoms with E-state index in [1.807, 2.05) is 0 Å². The number of carbonyl (C=O) groups excluding carboxylic acids is 4. The fourth-order valence-corrected chi connectivity index (χ4v) is 4.73. The Kier molecular flexibility index (Phi) is 4.20. The van der Waals surface area contributed by atoms with Gasteiger partial charge in [-0.3, -0.25) is 14.4 Å². The molecular weight excluding hydrogens is 380 g/mol. The molecule has 4 aliphatic rings. The number of esters is 4. The predicted molar refractivity (Wildman–Crippen MR) is 94.2 cm³/mol. The van der Waals surface area contributed by atoms with Gasteiger partial charge in [0, 0.05) is 5.92 Å². The minimum absolute atomic E-state index is 0.0431. The fraction of sp³-hybridized carbons (Fsp3) is 0.524. The molecule has 0 aromatic heterocycles. The van der Waals surface area contributed by atoms with Crippen molar-refractivity contribution in [3.63, 3.8) is 0 Å². The Morgan fingerprint density at radius 1 is 1.07 bits per heavy atom. The molecule has 8 heteroatoms. The SMILES string of the molecule is O=C(OC[C@@H]1C[C@@]2(COC(=O)C3CC3)O[C@H]1C1C(=O)OC(=O)C12)c1ccccc1. The summed E-state index contributed by atoms with van der Waals surface area (Å²) in [5, 5.41) is 0. The molecule has 3 saturated heterocycles. The molecule has 8 nitrogen and oxygen atoms in total. The third-order valence-corrected chi connectivity index (χ3v) is 6.26. The Labute approximate surface area is 166 Å². The van der Waals surface area contributed by atoms with Gasteiger partial charge in [0.05, 0.1) is 24.2 Å². The second-order valence-corrected chi connectivity index (χ2v) is 8.20. The second kappa shape index (κ2) is 6.66. The van der Waals surface area contributed by atoms with Gasteiger partial charge in [0.1, 0.15) is 24.0 Å². The molecule has 2 unspecified atom stereocenters. The minimum Gasteiger partial charge on any atom is -0.462 e. The zero-order valence-electron chi connectivity index (χ0n) is 15.6. The monoisotopic (exact) mass is 400 g/mol. The van der Waals surface area contributed by atoms with Crippen molar-refractivity contribution < 1.29 is 38.1 Å². The van der Waals surface area contributed by atoms with Crippen molar-refractivity contribution in [3.8, 4) is 0 Å². The Hall–Kier alpha value is -2.74. The van der Waals surface area contributed by atoms with Crippen LogP contribution in [0.3, 0.4) is 0 Å². The van der Waals surface area contributed by atoms with Gasteiger partial charge in [-0.15, -0.1) is 0 Å². The number of cyclic esters (lactones) is 2. The summed E-state index contributed by atoms with van der Waals surface area (Å²) in [6, 6.07) is 8.59. The van der Waals surface area contributed by atoms with E-state index in [4.69, 9.17) is 18.9 Å². The molecule has 152 valence electrons. The Balaban J connectivity index is 1.30. The fourth-order valence-electron chi connectivity index (χ4n) is 4.73. The molecule has 1 aromatic rings. The van der Waals surface area contributed by atoms with Crippen LogP contribution in [0.5, 0.6) is 0 Å². The Morgan fingerprint density at radius 3 is 2.55 bits per heavy atom. The maximum atomic E-state index is 12.3. The number of rotatable bonds is 6. The van der Waals surface area contributed by atoms with Gasteiger partial charge in [0.25, 0.3) is 0 Å². The van der Waals surface area contributed by atoms with Crippen LogP contribution in [-0.2, 0) is 33.3 Å². The molecule has 0 spiro atoms. The molecule has 0 N–H and O–H groups in total. The summed E-state index contributed by atoms with van der Waals surface area (Å²) in [4.78, 5) is 48.7. The highest BCUT2D eigenvalue weighted by atomic mass is 16.6. The lowest BCUT2D eigenvalue weighted by atomic mass is 9.69. The van der Waals surface area contributed by atoms with Crippen LogP contribution in [-0.4, -0.2) is 48.8 Å². The van der Waals surface area contributed by atoms with Gasteiger partial charge >= 0.3 is 23.9 Å². The highest BCUT2D eigenvalue weighted by molar-refractivity contribution is 5.98. The topological polar surface area (TPSA) is 105 Å². The largest absolute Gasteiger partial charge is 0.462 e. The van der Waals surface area contributed by atoms with E-state index in [0.29, 0.717) is 12.0 Å². The first-order chi connectivity index (χ1) is 14.0. The van der Waals surface area contributed by atoms with E-state index in [-0.39, 0.29) is 31.0 Å². The van der Waals surface area contributed by atoms with Gasteiger partial charge in [0.15, 0.2) is 0 Å². The Bertz CT molecular complexity index is 876. The van der Waals surface area contributed by atoms with Gasteiger partial charge in [-0.25, -0.2) is 4.79 Å². The first-order valence-electron chi connectivity index (χ1n) is 9.81. The normalized spacial score (nSPS) is 34.6. The smallest absolute Gasteiger partial charge is 0.338 e. The van der Waals surface area contributed by atoms with Crippen LogP contribution >= 0.6 is 0 Å². The second-order valence-electron chi connectivity index (χ2n) is 8.20. The summed E-state index contributed by atoms with van der Waals surface area (Å²) in [6.07, 6.45) is 1.35. The van der Waals surface area contributed by atoms with Crippen LogP contribution < -0.4 is 0 Å². The molecule has 1 aromatic carbocycles. The third kappa shape index (κ3) is 3.02. The van der Waals surface area contributed by atoms with Gasteiger partial charge in [0.2, 0.25) is 0 Å². The third-order valence-electron chi connectivity index (χ3n) is 6.26. The average molecular weight is 400 g/mol. The van der Waals surface area contributed by atoms with E-state index >= 15 is 0 Å². The van der Waals surface area contributed by atoms with Crippen LogP contribution in [0.2, 0.25) is 0 Å². The molecule has 0 radical (unpaired) electrons. The first kappa shape index (κ1) is 18.3. The van der Waals surface area contributed by atoms with Crippen molar-refractivity contribution in [2.24, 2.45) is 23.7 Å². The molecule has 1 saturated carbocycles. The molecule has 29 heavy (non-hydrogen) atoms. The van der Waals surface area contributed by atoms with Crippen LogP contribution in [0, 0.1) is 23.7 Å². The molecular formula is C21H20O8. The number of hydrogen-bond acceptors (Lipinski definition) is 8. The number of ether oxygens (including phenoxy) is 4. The number of carbonyl (C=O) groups is 4. The average Bonchev–Trinajstić information content (AvgIpc) is 3.35. The van der Waals surface area contributed by atoms with Gasteiger partial charge < -0.3 is 18.9 Å². The summed E-state index contributed by atoms with van der Waals surface area (Å²) in [5.74, 6) is -3.94. The van der Waals surface area contributed by atoms with E-state index < -0.39 is 41.4 Å². The van der Waals surface area contributed by atoms with Crippen LogP contribution in [0.15, 0.2) is 30.3 Å². The zero-order chi connectivity index (χ0) is 20.2. The summed E-state index contributed by atoms with van der Waals surface area (Å²) in [6.45, 7) is -0.0626. The highest BCUT2D eigenvalue weighted by Crippen LogP contribution is 2.57. The van der Waals surface area contributed by atoms with E-state index in [0.717, 1.165) is 12.8 Å². The van der Waals surface area contributed by atoms with Crippen LogP contribution in [0.4, 0.5) is 0 Å². The lowest BCUT2D eigenvalue weighted by molar-refractivity contribution is -0.166. The Morgan fingerprint density at radius 2 is 1.83 bits per heavy atom. The maximum Gasteiger partial charge on any atom is 0.338 e. The first-order valence-corrected chi connectivity index (χ1v) is 9.81. The molecule has 2 bridgehead atoms. The van der Waals surface area contributed by atoms with Crippen molar-refractivity contribution in [2.75, 3.05) is 13.2 Å². The van der Waals surface area contributed by atoms with E-state index in [2.05, 4.69) is 0 Å². The lowest BCUT2D eigenvalue weighted by Gasteiger charge is -2.31. The van der Waals surface area contributed by atoms with Gasteiger partial charge in [-0.2, -0.15) is 0 Å². The summed E-state index contributed by atoms with van der Waals surface area (Å²) < 4.78 is 21.8. The van der Waals surface area contributed by atoms with Crippen molar-refractivity contribution in [1.82, 2.24) is 0 Å². The highest BCUT2D eigenvalue weighted by Gasteiger charge is 2.72. The number of benzene rings is 1. The zero-order valence-corrected chi connectivity index (χ0v) is 15.6. The van der Waals surface area contributed by atoms with Gasteiger partial charge in [-0.05, 0) is 31.4 Å². The molecule has 3 heterocycles. The predicted octanol–water partition coefficient (Wildman–Crippen LogP) is 1.27. The lowest BCUT2D eigenvalue weighted by Crippen LogP contribution is -2.47. The molecule has 5 rings (SSSR count). The van der Waals surface area contributed by atoms with Gasteiger partial charge in [-0.1, -0.05) is 18.2 Å². The van der Waals surface area contributed by atoms with E-state index in [1.54, 1.807) is 30.3 Å². The van der Waals surface area contributed by atoms with Crippen LogP contribution in [0.1, 0.15) is 29.6 Å². The van der Waals surface area contributed by atoms with Crippen molar-refractivity contribution in [3.05, 3.63) is 35.9 Å². The number of fused-ring (bicyclic) bond motifs is 5. The van der Waals surface area contributed by atoms with Crippen molar-refractivity contribution >= 4 is 23.9 Å². The number of hydrogen-bond donors (Lipinski definition) is 0. The van der Waals surface area contributed by atoms with E-state index in [1.165, 1.54) is 0 Å². The molecule has 3 aliphatic heterocycles. The van der Waals surface area contributed by atoms with E-state index in [9.17, 15) is 19.2 Å².